The zero-order valence-corrected chi connectivity index (χ0v) is 21.0. The molecular formula is C28H32N6O2. The van der Waals surface area contributed by atoms with Gasteiger partial charge >= 0.3 is 6.01 Å². The molecule has 1 aliphatic rings. The summed E-state index contributed by atoms with van der Waals surface area (Å²) in [6.07, 6.45) is 1.93. The Labute approximate surface area is 212 Å². The number of aryl methyl sites for hydroxylation is 1. The summed E-state index contributed by atoms with van der Waals surface area (Å²) in [6, 6.07) is 23.0. The first-order valence-corrected chi connectivity index (χ1v) is 12.3. The van der Waals surface area contributed by atoms with Gasteiger partial charge in [0.05, 0.1) is 24.9 Å². The van der Waals surface area contributed by atoms with Crippen LogP contribution in [-0.4, -0.2) is 71.7 Å². The van der Waals surface area contributed by atoms with Crippen molar-refractivity contribution in [2.24, 2.45) is 0 Å². The lowest BCUT2D eigenvalue weighted by molar-refractivity contribution is 0.122. The summed E-state index contributed by atoms with van der Waals surface area (Å²) < 4.78 is 13.6. The number of morpholine rings is 1. The van der Waals surface area contributed by atoms with Gasteiger partial charge < -0.3 is 14.4 Å². The molecule has 0 spiro atoms. The summed E-state index contributed by atoms with van der Waals surface area (Å²) in [5.74, 6) is 1.48. The predicted molar refractivity (Wildman–Crippen MR) is 141 cm³/mol. The number of aromatic nitrogens is 4. The van der Waals surface area contributed by atoms with Crippen LogP contribution in [0.25, 0.3) is 17.1 Å². The Hall–Kier alpha value is -3.75. The maximum absolute atomic E-state index is 6.22. The molecule has 2 aromatic carbocycles. The van der Waals surface area contributed by atoms with E-state index in [1.54, 1.807) is 4.68 Å². The molecule has 0 N–H and O–H groups in total. The van der Waals surface area contributed by atoms with Gasteiger partial charge in [-0.3, -0.25) is 4.90 Å². The van der Waals surface area contributed by atoms with E-state index in [9.17, 15) is 0 Å². The van der Waals surface area contributed by atoms with Gasteiger partial charge in [0, 0.05) is 30.9 Å². The first-order chi connectivity index (χ1) is 17.6. The molecule has 8 nitrogen and oxygen atoms in total. The van der Waals surface area contributed by atoms with Crippen LogP contribution in [0.1, 0.15) is 17.2 Å². The van der Waals surface area contributed by atoms with Gasteiger partial charge in [0.15, 0.2) is 5.82 Å². The van der Waals surface area contributed by atoms with Crippen LogP contribution in [0.4, 0.5) is 5.82 Å². The van der Waals surface area contributed by atoms with Crippen molar-refractivity contribution in [3.05, 3.63) is 84.1 Å². The molecule has 5 rings (SSSR count). The van der Waals surface area contributed by atoms with Gasteiger partial charge in [0.25, 0.3) is 0 Å². The van der Waals surface area contributed by atoms with Crippen molar-refractivity contribution in [3.8, 4) is 23.1 Å². The van der Waals surface area contributed by atoms with E-state index in [-0.39, 0.29) is 6.04 Å². The van der Waals surface area contributed by atoms with Gasteiger partial charge in [-0.15, -0.1) is 0 Å². The fourth-order valence-electron chi connectivity index (χ4n) is 4.32. The van der Waals surface area contributed by atoms with Crippen molar-refractivity contribution in [1.29, 1.82) is 0 Å². The van der Waals surface area contributed by atoms with Gasteiger partial charge in [-0.25, -0.2) is 4.68 Å². The van der Waals surface area contributed by atoms with E-state index in [1.165, 1.54) is 11.1 Å². The molecule has 0 saturated carbocycles. The lowest BCUT2D eigenvalue weighted by Crippen LogP contribution is -2.37. The lowest BCUT2D eigenvalue weighted by Gasteiger charge is -2.28. The molecule has 0 amide bonds. The summed E-state index contributed by atoms with van der Waals surface area (Å²) in [4.78, 5) is 13.8. The Morgan fingerprint density at radius 1 is 0.944 bits per heavy atom. The standard InChI is InChI=1S/C28H32N6O2/c1-21-8-7-11-23(18-21)24-12-13-34(31-24)27-19-26(33-14-16-35-17-15-33)29-28(30-27)36-20-25(32(2)3)22-9-5-4-6-10-22/h4-13,18-19,25H,14-17,20H2,1-3H3. The van der Waals surface area contributed by atoms with E-state index < -0.39 is 0 Å². The third-order valence-electron chi connectivity index (χ3n) is 6.33. The highest BCUT2D eigenvalue weighted by Crippen LogP contribution is 2.24. The topological polar surface area (TPSA) is 68.5 Å². The smallest absolute Gasteiger partial charge is 0.320 e. The van der Waals surface area contributed by atoms with Crippen LogP contribution in [0, 0.1) is 6.92 Å². The Morgan fingerprint density at radius 2 is 1.72 bits per heavy atom. The molecule has 2 aromatic heterocycles. The number of nitrogens with zero attached hydrogens (tertiary/aromatic N) is 6. The molecule has 0 bridgehead atoms. The normalized spacial score (nSPS) is 14.7. The van der Waals surface area contributed by atoms with Crippen molar-refractivity contribution >= 4 is 5.82 Å². The van der Waals surface area contributed by atoms with E-state index in [1.807, 2.05) is 56.7 Å². The molecule has 0 radical (unpaired) electrons. The van der Waals surface area contributed by atoms with Gasteiger partial charge in [0.2, 0.25) is 0 Å². The fraction of sp³-hybridized carbons (Fsp3) is 0.321. The fourth-order valence-corrected chi connectivity index (χ4v) is 4.32. The van der Waals surface area contributed by atoms with E-state index >= 15 is 0 Å². The van der Waals surface area contributed by atoms with Crippen LogP contribution in [0.15, 0.2) is 72.9 Å². The molecule has 1 aliphatic heterocycles. The van der Waals surface area contributed by atoms with Crippen LogP contribution in [-0.2, 0) is 4.74 Å². The number of hydrogen-bond donors (Lipinski definition) is 0. The van der Waals surface area contributed by atoms with Crippen molar-refractivity contribution in [2.45, 2.75) is 13.0 Å². The molecule has 0 aliphatic carbocycles. The molecule has 1 atom stereocenters. The van der Waals surface area contributed by atoms with Gasteiger partial charge in [-0.1, -0.05) is 54.1 Å². The minimum Gasteiger partial charge on any atom is -0.461 e. The second kappa shape index (κ2) is 10.9. The third-order valence-corrected chi connectivity index (χ3v) is 6.33. The van der Waals surface area contributed by atoms with E-state index in [0.717, 1.165) is 30.2 Å². The van der Waals surface area contributed by atoms with Crippen molar-refractivity contribution in [1.82, 2.24) is 24.6 Å². The average Bonchev–Trinajstić information content (AvgIpc) is 3.40. The Kier molecular flexibility index (Phi) is 7.25. The predicted octanol–water partition coefficient (Wildman–Crippen LogP) is 4.16. The van der Waals surface area contributed by atoms with Gasteiger partial charge in [-0.05, 0) is 38.7 Å². The third kappa shape index (κ3) is 5.56. The molecule has 4 aromatic rings. The zero-order chi connectivity index (χ0) is 24.9. The van der Waals surface area contributed by atoms with Crippen molar-refractivity contribution in [3.63, 3.8) is 0 Å². The van der Waals surface area contributed by atoms with Crippen LogP contribution in [0.2, 0.25) is 0 Å². The van der Waals surface area contributed by atoms with E-state index in [2.05, 4.69) is 47.1 Å². The molecule has 1 saturated heterocycles. The number of rotatable bonds is 8. The highest BCUT2D eigenvalue weighted by atomic mass is 16.5. The van der Waals surface area contributed by atoms with Crippen LogP contribution >= 0.6 is 0 Å². The summed E-state index contributed by atoms with van der Waals surface area (Å²) in [5.41, 5.74) is 4.35. The van der Waals surface area contributed by atoms with E-state index in [0.29, 0.717) is 31.6 Å². The first kappa shape index (κ1) is 24.0. The van der Waals surface area contributed by atoms with Crippen LogP contribution in [0.5, 0.6) is 6.01 Å². The highest BCUT2D eigenvalue weighted by molar-refractivity contribution is 5.60. The Morgan fingerprint density at radius 3 is 2.47 bits per heavy atom. The van der Waals surface area contributed by atoms with Crippen molar-refractivity contribution in [2.75, 3.05) is 51.9 Å². The summed E-state index contributed by atoms with van der Waals surface area (Å²) in [7, 11) is 4.10. The average molecular weight is 485 g/mol. The molecule has 8 heteroatoms. The van der Waals surface area contributed by atoms with Crippen LogP contribution < -0.4 is 9.64 Å². The second-order valence-corrected chi connectivity index (χ2v) is 9.18. The first-order valence-electron chi connectivity index (χ1n) is 12.3. The summed E-state index contributed by atoms with van der Waals surface area (Å²) >= 11 is 0. The maximum Gasteiger partial charge on any atom is 0.320 e. The summed E-state index contributed by atoms with van der Waals surface area (Å²) in [5, 5.41) is 4.81. The lowest BCUT2D eigenvalue weighted by atomic mass is 10.1. The van der Waals surface area contributed by atoms with Crippen molar-refractivity contribution < 1.29 is 9.47 Å². The molecule has 36 heavy (non-hydrogen) atoms. The zero-order valence-electron chi connectivity index (χ0n) is 21.0. The highest BCUT2D eigenvalue weighted by Gasteiger charge is 2.19. The molecular weight excluding hydrogens is 452 g/mol. The minimum atomic E-state index is 0.0721. The van der Waals surface area contributed by atoms with E-state index in [4.69, 9.17) is 24.5 Å². The monoisotopic (exact) mass is 484 g/mol. The number of anilines is 1. The maximum atomic E-state index is 6.22. The van der Waals surface area contributed by atoms with Gasteiger partial charge in [-0.2, -0.15) is 15.1 Å². The number of likely N-dealkylation sites (N-methyl/N-ethyl adjacent to an activating group) is 1. The molecule has 1 unspecified atom stereocenters. The van der Waals surface area contributed by atoms with Crippen LogP contribution in [0.3, 0.4) is 0 Å². The number of ether oxygens (including phenoxy) is 2. The molecule has 1 fully saturated rings. The summed E-state index contributed by atoms with van der Waals surface area (Å²) in [6.45, 7) is 5.40. The Bertz CT molecular complexity index is 1280. The largest absolute Gasteiger partial charge is 0.461 e. The quantitative estimate of drug-likeness (QED) is 0.372. The Balaban J connectivity index is 1.45. The van der Waals surface area contributed by atoms with Gasteiger partial charge in [0.1, 0.15) is 12.4 Å². The number of hydrogen-bond acceptors (Lipinski definition) is 7. The molecule has 3 heterocycles. The minimum absolute atomic E-state index is 0.0721. The second-order valence-electron chi connectivity index (χ2n) is 9.18. The SMILES string of the molecule is Cc1cccc(-c2ccn(-c3cc(N4CCOCC4)nc(OCC(c4ccccc4)N(C)C)n3)n2)c1. The molecule has 186 valence electrons. The number of benzene rings is 2.